The van der Waals surface area contributed by atoms with E-state index in [0.29, 0.717) is 11.5 Å². The quantitative estimate of drug-likeness (QED) is 0.242. The predicted octanol–water partition coefficient (Wildman–Crippen LogP) is 4.51. The third-order valence-corrected chi connectivity index (χ3v) is 7.76. The zero-order valence-corrected chi connectivity index (χ0v) is 25.2. The zero-order valence-electron chi connectivity index (χ0n) is 25.2. The molecule has 10 nitrogen and oxygen atoms in total. The molecule has 4 aromatic rings. The molecule has 1 aliphatic heterocycles. The van der Waals surface area contributed by atoms with Crippen molar-refractivity contribution in [3.05, 3.63) is 118 Å². The van der Waals surface area contributed by atoms with Crippen molar-refractivity contribution < 1.29 is 28.8 Å². The number of aliphatic hydroxyl groups excluding tert-OH is 1. The Labute approximate surface area is 256 Å². The molecule has 230 valence electrons. The highest BCUT2D eigenvalue weighted by molar-refractivity contribution is 5.91. The molecule has 3 atom stereocenters. The molecule has 1 amide bonds. The molecule has 1 saturated heterocycles. The van der Waals surface area contributed by atoms with Crippen LogP contribution in [0, 0.1) is 5.92 Å². The summed E-state index contributed by atoms with van der Waals surface area (Å²) >= 11 is 0. The van der Waals surface area contributed by atoms with E-state index in [1.54, 1.807) is 28.1 Å². The number of hydrogen-bond donors (Lipinski definition) is 2. The van der Waals surface area contributed by atoms with Crippen molar-refractivity contribution in [1.29, 1.82) is 0 Å². The first kappa shape index (κ1) is 30.9. The number of carbonyl (C=O) groups excluding carboxylic acids is 1. The number of nitrogens with zero attached hydrogens (tertiary/aromatic N) is 2. The van der Waals surface area contributed by atoms with Crippen LogP contribution in [-0.4, -0.2) is 53.6 Å². The summed E-state index contributed by atoms with van der Waals surface area (Å²) in [5, 5.41) is 13.7. The molecule has 1 aromatic heterocycles. The lowest BCUT2D eigenvalue weighted by atomic mass is 9.80. The molecule has 10 heteroatoms. The molecule has 0 saturated carbocycles. The number of aromatic nitrogens is 2. The van der Waals surface area contributed by atoms with Gasteiger partial charge in [-0.15, -0.1) is 0 Å². The normalized spacial score (nSPS) is 18.3. The van der Waals surface area contributed by atoms with Crippen LogP contribution in [0.15, 0.2) is 95.9 Å². The Hall–Kier alpha value is -4.51. The second-order valence-electron chi connectivity index (χ2n) is 10.9. The third-order valence-electron chi connectivity index (χ3n) is 7.76. The van der Waals surface area contributed by atoms with E-state index in [4.69, 9.17) is 18.9 Å². The second kappa shape index (κ2) is 13.4. The van der Waals surface area contributed by atoms with Gasteiger partial charge in [-0.3, -0.25) is 9.36 Å². The van der Waals surface area contributed by atoms with E-state index < -0.39 is 29.7 Å². The van der Waals surface area contributed by atoms with Gasteiger partial charge in [-0.05, 0) is 47.0 Å². The van der Waals surface area contributed by atoms with Gasteiger partial charge in [-0.25, -0.2) is 4.79 Å². The van der Waals surface area contributed by atoms with Crippen LogP contribution in [-0.2, 0) is 19.9 Å². The molecule has 1 fully saturated rings. The molecule has 0 spiro atoms. The second-order valence-corrected chi connectivity index (χ2v) is 10.9. The van der Waals surface area contributed by atoms with Crippen LogP contribution in [0.5, 0.6) is 11.5 Å². The van der Waals surface area contributed by atoms with Gasteiger partial charge < -0.3 is 29.4 Å². The molecule has 5 rings (SSSR count). The van der Waals surface area contributed by atoms with Gasteiger partial charge in [0, 0.05) is 18.5 Å². The van der Waals surface area contributed by atoms with Crippen LogP contribution in [0.25, 0.3) is 0 Å². The number of methoxy groups -OCH3 is 2. The van der Waals surface area contributed by atoms with Gasteiger partial charge in [-0.1, -0.05) is 68.4 Å². The zero-order chi connectivity index (χ0) is 31.3. The maximum Gasteiger partial charge on any atom is 0.351 e. The Bertz CT molecular complexity index is 1560. The minimum absolute atomic E-state index is 0.00925. The Kier molecular flexibility index (Phi) is 9.43. The van der Waals surface area contributed by atoms with E-state index in [0.717, 1.165) is 16.7 Å². The van der Waals surface area contributed by atoms with Crippen LogP contribution in [0.2, 0.25) is 0 Å². The summed E-state index contributed by atoms with van der Waals surface area (Å²) in [6, 6.07) is 26.7. The average Bonchev–Trinajstić information content (AvgIpc) is 3.42. The lowest BCUT2D eigenvalue weighted by molar-refractivity contribution is -0.118. The topological polar surface area (TPSA) is 121 Å². The van der Waals surface area contributed by atoms with Crippen molar-refractivity contribution in [3.8, 4) is 11.5 Å². The smallest absolute Gasteiger partial charge is 0.351 e. The number of anilines is 1. The van der Waals surface area contributed by atoms with Crippen molar-refractivity contribution in [2.45, 2.75) is 44.3 Å². The SMILES string of the molecule is COc1ccc(C(OCC2OC(n3ccc(NC(=O)C(C)C)nc3=O)CC2O)(c2ccccc2)c2ccc(OC)cc2)cc1. The summed E-state index contributed by atoms with van der Waals surface area (Å²) in [7, 11) is 3.23. The highest BCUT2D eigenvalue weighted by atomic mass is 16.6. The lowest BCUT2D eigenvalue weighted by Gasteiger charge is -2.37. The molecule has 0 radical (unpaired) electrons. The van der Waals surface area contributed by atoms with Gasteiger partial charge in [0.15, 0.2) is 0 Å². The van der Waals surface area contributed by atoms with Gasteiger partial charge in [0.1, 0.15) is 35.2 Å². The molecule has 0 bridgehead atoms. The maximum absolute atomic E-state index is 12.9. The summed E-state index contributed by atoms with van der Waals surface area (Å²) in [5.74, 6) is 1.07. The number of amides is 1. The molecular weight excluding hydrogens is 562 g/mol. The van der Waals surface area contributed by atoms with E-state index in [-0.39, 0.29) is 30.7 Å². The molecule has 1 aliphatic rings. The van der Waals surface area contributed by atoms with E-state index >= 15 is 0 Å². The minimum Gasteiger partial charge on any atom is -0.497 e. The van der Waals surface area contributed by atoms with E-state index in [2.05, 4.69) is 10.3 Å². The first-order chi connectivity index (χ1) is 21.2. The summed E-state index contributed by atoms with van der Waals surface area (Å²) in [4.78, 5) is 28.9. The highest BCUT2D eigenvalue weighted by Crippen LogP contribution is 2.42. The fourth-order valence-corrected chi connectivity index (χ4v) is 5.29. The Balaban J connectivity index is 1.45. The van der Waals surface area contributed by atoms with Gasteiger partial charge in [-0.2, -0.15) is 4.98 Å². The first-order valence-corrected chi connectivity index (χ1v) is 14.5. The number of aliphatic hydroxyl groups is 1. The fraction of sp³-hybridized carbons (Fsp3) is 0.324. The number of hydrogen-bond acceptors (Lipinski definition) is 8. The average molecular weight is 600 g/mol. The Morgan fingerprint density at radius 1 is 0.955 bits per heavy atom. The van der Waals surface area contributed by atoms with Crippen LogP contribution in [0.3, 0.4) is 0 Å². The van der Waals surface area contributed by atoms with E-state index in [1.807, 2.05) is 78.9 Å². The van der Waals surface area contributed by atoms with Gasteiger partial charge >= 0.3 is 5.69 Å². The molecular formula is C34H37N3O7. The molecule has 2 heterocycles. The third kappa shape index (κ3) is 6.37. The van der Waals surface area contributed by atoms with Gasteiger partial charge in [0.05, 0.1) is 26.9 Å². The largest absolute Gasteiger partial charge is 0.497 e. The standard InChI is InChI=1S/C34H37N3O7/c1-22(2)32(39)35-30-18-19-37(33(40)36-30)31-20-28(38)29(44-31)21-43-34(23-8-6-5-7-9-23,24-10-14-26(41-3)15-11-24)25-12-16-27(42-4)17-13-25/h5-19,22,28-29,31,38H,20-21H2,1-4H3,(H,35,36,39,40). The maximum atomic E-state index is 12.9. The predicted molar refractivity (Wildman–Crippen MR) is 165 cm³/mol. The highest BCUT2D eigenvalue weighted by Gasteiger charge is 2.42. The first-order valence-electron chi connectivity index (χ1n) is 14.5. The molecule has 2 N–H and O–H groups in total. The van der Waals surface area contributed by atoms with Crippen molar-refractivity contribution in [2.75, 3.05) is 26.1 Å². The number of benzene rings is 3. The van der Waals surface area contributed by atoms with Crippen molar-refractivity contribution in [3.63, 3.8) is 0 Å². The van der Waals surface area contributed by atoms with Crippen molar-refractivity contribution in [2.24, 2.45) is 5.92 Å². The van der Waals surface area contributed by atoms with E-state index in [9.17, 15) is 14.7 Å². The molecule has 3 aromatic carbocycles. The van der Waals surface area contributed by atoms with Crippen molar-refractivity contribution in [1.82, 2.24) is 9.55 Å². The van der Waals surface area contributed by atoms with E-state index in [1.165, 1.54) is 16.8 Å². The number of nitrogens with one attached hydrogen (secondary N) is 1. The Morgan fingerprint density at radius 2 is 1.52 bits per heavy atom. The van der Waals surface area contributed by atoms with Crippen LogP contribution >= 0.6 is 0 Å². The lowest BCUT2D eigenvalue weighted by Crippen LogP contribution is -2.38. The summed E-state index contributed by atoms with van der Waals surface area (Å²) in [5.41, 5.74) is 0.880. The molecule has 3 unspecified atom stereocenters. The number of ether oxygens (including phenoxy) is 4. The minimum atomic E-state index is -1.09. The summed E-state index contributed by atoms with van der Waals surface area (Å²) < 4.78 is 25.2. The van der Waals surface area contributed by atoms with Crippen LogP contribution in [0.4, 0.5) is 5.82 Å². The monoisotopic (exact) mass is 599 g/mol. The Morgan fingerprint density at radius 3 is 2.05 bits per heavy atom. The summed E-state index contributed by atoms with van der Waals surface area (Å²) in [6.07, 6.45) is -0.744. The van der Waals surface area contributed by atoms with Crippen molar-refractivity contribution >= 4 is 11.7 Å². The number of rotatable bonds is 11. The van der Waals surface area contributed by atoms with Crippen LogP contribution < -0.4 is 20.5 Å². The fourth-order valence-electron chi connectivity index (χ4n) is 5.29. The molecule has 0 aliphatic carbocycles. The molecule has 44 heavy (non-hydrogen) atoms. The van der Waals surface area contributed by atoms with Gasteiger partial charge in [0.2, 0.25) is 5.91 Å². The number of carbonyl (C=O) groups is 1. The summed E-state index contributed by atoms with van der Waals surface area (Å²) in [6.45, 7) is 3.51. The van der Waals surface area contributed by atoms with Crippen LogP contribution in [0.1, 0.15) is 43.2 Å². The van der Waals surface area contributed by atoms with Gasteiger partial charge in [0.25, 0.3) is 0 Å².